The van der Waals surface area contributed by atoms with Gasteiger partial charge in [0.15, 0.2) is 0 Å². The Morgan fingerprint density at radius 3 is 2.95 bits per heavy atom. The summed E-state index contributed by atoms with van der Waals surface area (Å²) in [6, 6.07) is 8.14. The summed E-state index contributed by atoms with van der Waals surface area (Å²) < 4.78 is 0. The van der Waals surface area contributed by atoms with Crippen molar-refractivity contribution < 1.29 is 9.90 Å². The molecule has 21 heavy (non-hydrogen) atoms. The molecule has 1 amide bonds. The lowest BCUT2D eigenvalue weighted by Crippen LogP contribution is -2.44. The van der Waals surface area contributed by atoms with E-state index in [4.69, 9.17) is 0 Å². The number of nitrogens with one attached hydrogen (secondary N) is 1. The third-order valence-corrected chi connectivity index (χ3v) is 4.15. The number of fused-ring (bicyclic) bond motifs is 1. The lowest BCUT2D eigenvalue weighted by molar-refractivity contribution is -0.123. The minimum Gasteiger partial charge on any atom is -0.394 e. The summed E-state index contributed by atoms with van der Waals surface area (Å²) in [7, 11) is 0. The van der Waals surface area contributed by atoms with Gasteiger partial charge in [-0.3, -0.25) is 9.69 Å². The van der Waals surface area contributed by atoms with Gasteiger partial charge in [-0.05, 0) is 24.0 Å². The number of carbonyl (C=O) groups excluding carboxylic acids is 1. The molecule has 0 aliphatic carbocycles. The summed E-state index contributed by atoms with van der Waals surface area (Å²) in [5.74, 6) is 0.0592. The van der Waals surface area contributed by atoms with Gasteiger partial charge >= 0.3 is 0 Å². The van der Waals surface area contributed by atoms with Crippen molar-refractivity contribution in [3.8, 4) is 0 Å². The molecular weight excluding hydrogens is 264 g/mol. The topological polar surface area (TPSA) is 52.6 Å². The zero-order valence-electron chi connectivity index (χ0n) is 12.8. The second-order valence-corrected chi connectivity index (χ2v) is 5.67. The Morgan fingerprint density at radius 1 is 1.38 bits per heavy atom. The summed E-state index contributed by atoms with van der Waals surface area (Å²) in [6.07, 6.45) is 4.28. The van der Waals surface area contributed by atoms with Crippen molar-refractivity contribution in [2.45, 2.75) is 38.6 Å². The van der Waals surface area contributed by atoms with E-state index in [1.54, 1.807) is 0 Å². The Kier molecular flexibility index (Phi) is 6.21. The molecule has 116 valence electrons. The highest BCUT2D eigenvalue weighted by atomic mass is 16.3. The second kappa shape index (κ2) is 8.15. The van der Waals surface area contributed by atoms with Crippen molar-refractivity contribution in [2.24, 2.45) is 0 Å². The van der Waals surface area contributed by atoms with Crippen LogP contribution in [0.25, 0.3) is 0 Å². The van der Waals surface area contributed by atoms with Gasteiger partial charge in [0.2, 0.25) is 5.91 Å². The van der Waals surface area contributed by atoms with Crippen LogP contribution in [0.3, 0.4) is 0 Å². The Labute approximate surface area is 127 Å². The summed E-state index contributed by atoms with van der Waals surface area (Å²) in [5, 5.41) is 12.7. The first-order chi connectivity index (χ1) is 10.3. The molecule has 1 aromatic rings. The quantitative estimate of drug-likeness (QED) is 0.754. The highest BCUT2D eigenvalue weighted by Crippen LogP contribution is 2.28. The maximum Gasteiger partial charge on any atom is 0.234 e. The van der Waals surface area contributed by atoms with E-state index in [1.165, 1.54) is 5.56 Å². The number of carbonyl (C=O) groups is 1. The van der Waals surface area contributed by atoms with Gasteiger partial charge in [-0.1, -0.05) is 44.0 Å². The Hall–Kier alpha value is -1.39. The predicted molar refractivity (Wildman–Crippen MR) is 84.1 cm³/mol. The Balaban J connectivity index is 1.90. The van der Waals surface area contributed by atoms with Gasteiger partial charge in [0, 0.05) is 13.1 Å². The van der Waals surface area contributed by atoms with Crippen LogP contribution < -0.4 is 5.32 Å². The van der Waals surface area contributed by atoms with Crippen LogP contribution >= 0.6 is 0 Å². The monoisotopic (exact) mass is 290 g/mol. The molecule has 2 N–H and O–H groups in total. The van der Waals surface area contributed by atoms with E-state index in [2.05, 4.69) is 29.3 Å². The van der Waals surface area contributed by atoms with Crippen LogP contribution in [0.15, 0.2) is 24.3 Å². The van der Waals surface area contributed by atoms with Gasteiger partial charge in [0.1, 0.15) is 0 Å². The molecule has 0 bridgehead atoms. The smallest absolute Gasteiger partial charge is 0.234 e. The lowest BCUT2D eigenvalue weighted by Gasteiger charge is -2.35. The fourth-order valence-corrected chi connectivity index (χ4v) is 2.95. The molecule has 1 unspecified atom stereocenters. The number of rotatable bonds is 7. The highest BCUT2D eigenvalue weighted by Gasteiger charge is 2.27. The molecule has 1 aliphatic rings. The molecule has 0 saturated carbocycles. The standard InChI is InChI=1S/C17H26N2O2/c1-2-3-6-10-18-17(21)12-19-11-9-14-7-4-5-8-15(14)16(19)13-20/h4-5,7-8,16,20H,2-3,6,9-13H2,1H3,(H,18,21). The third-order valence-electron chi connectivity index (χ3n) is 4.15. The lowest BCUT2D eigenvalue weighted by atomic mass is 9.93. The van der Waals surface area contributed by atoms with Crippen molar-refractivity contribution in [2.75, 3.05) is 26.2 Å². The molecule has 1 heterocycles. The van der Waals surface area contributed by atoms with E-state index >= 15 is 0 Å². The van der Waals surface area contributed by atoms with Gasteiger partial charge < -0.3 is 10.4 Å². The summed E-state index contributed by atoms with van der Waals surface area (Å²) in [6.45, 7) is 4.15. The van der Waals surface area contributed by atoms with Crippen LogP contribution in [0.5, 0.6) is 0 Å². The number of nitrogens with zero attached hydrogens (tertiary/aromatic N) is 1. The normalized spacial score (nSPS) is 18.3. The molecule has 4 nitrogen and oxygen atoms in total. The molecule has 2 rings (SSSR count). The highest BCUT2D eigenvalue weighted by molar-refractivity contribution is 5.78. The molecule has 0 aromatic heterocycles. The van der Waals surface area contributed by atoms with Crippen LogP contribution in [0.1, 0.15) is 43.4 Å². The first-order valence-corrected chi connectivity index (χ1v) is 7.95. The summed E-state index contributed by atoms with van der Waals surface area (Å²) >= 11 is 0. The number of amides is 1. The first-order valence-electron chi connectivity index (χ1n) is 7.95. The van der Waals surface area contributed by atoms with Crippen LogP contribution in [0, 0.1) is 0 Å². The average Bonchev–Trinajstić information content (AvgIpc) is 2.51. The molecule has 1 aromatic carbocycles. The van der Waals surface area contributed by atoms with Crippen LogP contribution in [0.4, 0.5) is 0 Å². The minimum absolute atomic E-state index is 0.0557. The minimum atomic E-state index is -0.0589. The molecule has 4 heteroatoms. The van der Waals surface area contributed by atoms with Crippen LogP contribution in [-0.4, -0.2) is 42.2 Å². The second-order valence-electron chi connectivity index (χ2n) is 5.67. The molecule has 0 radical (unpaired) electrons. The Morgan fingerprint density at radius 2 is 2.19 bits per heavy atom. The van der Waals surface area contributed by atoms with Crippen LogP contribution in [0.2, 0.25) is 0 Å². The van der Waals surface area contributed by atoms with E-state index in [0.29, 0.717) is 6.54 Å². The zero-order valence-corrected chi connectivity index (χ0v) is 12.8. The number of hydrogen-bond donors (Lipinski definition) is 2. The van der Waals surface area contributed by atoms with Crippen LogP contribution in [-0.2, 0) is 11.2 Å². The maximum atomic E-state index is 12.0. The van der Waals surface area contributed by atoms with Gasteiger partial charge in [-0.2, -0.15) is 0 Å². The number of unbranched alkanes of at least 4 members (excludes halogenated alkanes) is 2. The molecular formula is C17H26N2O2. The van der Waals surface area contributed by atoms with Crippen molar-refractivity contribution in [3.63, 3.8) is 0 Å². The van der Waals surface area contributed by atoms with E-state index in [9.17, 15) is 9.90 Å². The molecule has 0 fully saturated rings. The van der Waals surface area contributed by atoms with Crippen molar-refractivity contribution in [1.29, 1.82) is 0 Å². The Bertz CT molecular complexity index is 462. The van der Waals surface area contributed by atoms with Gasteiger partial charge in [0.05, 0.1) is 19.2 Å². The van der Waals surface area contributed by atoms with Crippen molar-refractivity contribution >= 4 is 5.91 Å². The number of aliphatic hydroxyl groups is 1. The molecule has 1 atom stereocenters. The van der Waals surface area contributed by atoms with Gasteiger partial charge in [-0.15, -0.1) is 0 Å². The predicted octanol–water partition coefficient (Wildman–Crippen LogP) is 1.88. The SMILES string of the molecule is CCCCCNC(=O)CN1CCc2ccccc2C1CO. The summed E-state index contributed by atoms with van der Waals surface area (Å²) in [4.78, 5) is 14.1. The van der Waals surface area contributed by atoms with E-state index in [-0.39, 0.29) is 18.6 Å². The zero-order chi connectivity index (χ0) is 15.1. The van der Waals surface area contributed by atoms with Crippen molar-refractivity contribution in [3.05, 3.63) is 35.4 Å². The van der Waals surface area contributed by atoms with E-state index < -0.39 is 0 Å². The van der Waals surface area contributed by atoms with E-state index in [0.717, 1.165) is 44.3 Å². The number of hydrogen-bond acceptors (Lipinski definition) is 3. The average molecular weight is 290 g/mol. The molecule has 0 spiro atoms. The largest absolute Gasteiger partial charge is 0.394 e. The van der Waals surface area contributed by atoms with Gasteiger partial charge in [-0.25, -0.2) is 0 Å². The van der Waals surface area contributed by atoms with Gasteiger partial charge in [0.25, 0.3) is 0 Å². The molecule has 0 saturated heterocycles. The number of aliphatic hydroxyl groups excluding tert-OH is 1. The first kappa shape index (κ1) is 16.0. The fraction of sp³-hybridized carbons (Fsp3) is 0.588. The van der Waals surface area contributed by atoms with E-state index in [1.807, 2.05) is 12.1 Å². The molecule has 1 aliphatic heterocycles. The third kappa shape index (κ3) is 4.29. The maximum absolute atomic E-state index is 12.0. The fourth-order valence-electron chi connectivity index (χ4n) is 2.95. The number of benzene rings is 1. The van der Waals surface area contributed by atoms with Crippen molar-refractivity contribution in [1.82, 2.24) is 10.2 Å². The summed E-state index contributed by atoms with van der Waals surface area (Å²) in [5.41, 5.74) is 2.45.